The van der Waals surface area contributed by atoms with E-state index in [1.165, 1.54) is 0 Å². The molecular weight excluding hydrogens is 404 g/mol. The number of aliphatic imine (C=N–C) groups is 1. The van der Waals surface area contributed by atoms with Crippen molar-refractivity contribution < 1.29 is 4.52 Å². The van der Waals surface area contributed by atoms with Gasteiger partial charge in [-0.05, 0) is 30.7 Å². The molecule has 10 heteroatoms. The average molecular weight is 429 g/mol. The lowest BCUT2D eigenvalue weighted by molar-refractivity contribution is 0.377. The molecule has 0 spiro atoms. The Bertz CT molecular complexity index is 1010. The third kappa shape index (κ3) is 4.79. The second-order valence-corrected chi connectivity index (χ2v) is 7.56. The van der Waals surface area contributed by atoms with Gasteiger partial charge in [-0.1, -0.05) is 23.7 Å². The molecule has 0 bridgehead atoms. The molecule has 0 fully saturated rings. The Kier molecular flexibility index (Phi) is 6.27. The lowest BCUT2D eigenvalue weighted by atomic mass is 10.1. The maximum absolute atomic E-state index is 5.92. The largest absolute Gasteiger partial charge is 0.356 e. The van der Waals surface area contributed by atoms with Crippen molar-refractivity contribution in [1.29, 1.82) is 0 Å². The lowest BCUT2D eigenvalue weighted by Gasteiger charge is -2.25. The molecule has 1 atom stereocenters. The zero-order valence-electron chi connectivity index (χ0n) is 17.1. The molecule has 1 aromatic carbocycles. The van der Waals surface area contributed by atoms with Crippen LogP contribution in [0.1, 0.15) is 30.9 Å². The highest BCUT2D eigenvalue weighted by atomic mass is 35.5. The van der Waals surface area contributed by atoms with Gasteiger partial charge in [0.1, 0.15) is 5.82 Å². The highest BCUT2D eigenvalue weighted by Gasteiger charge is 2.22. The Morgan fingerprint density at radius 3 is 2.90 bits per heavy atom. The number of guanidine groups is 1. The highest BCUT2D eigenvalue weighted by Crippen LogP contribution is 2.18. The number of hydrogen-bond donors (Lipinski definition) is 2. The molecule has 2 N–H and O–H groups in total. The number of aryl methyl sites for hydroxylation is 2. The summed E-state index contributed by atoms with van der Waals surface area (Å²) in [6, 6.07) is 7.61. The fraction of sp³-hybridized carbons (Fsp3) is 0.450. The van der Waals surface area contributed by atoms with Crippen LogP contribution in [-0.4, -0.2) is 50.5 Å². The molecule has 1 aliphatic heterocycles. The van der Waals surface area contributed by atoms with Gasteiger partial charge in [-0.3, -0.25) is 4.99 Å². The maximum atomic E-state index is 5.92. The van der Waals surface area contributed by atoms with Crippen LogP contribution < -0.4 is 10.6 Å². The maximum Gasteiger partial charge on any atom is 0.228 e. The summed E-state index contributed by atoms with van der Waals surface area (Å²) in [6.07, 6.45) is 3.36. The summed E-state index contributed by atoms with van der Waals surface area (Å²) in [5.74, 6) is 3.85. The van der Waals surface area contributed by atoms with E-state index in [2.05, 4.69) is 42.8 Å². The molecule has 9 nitrogen and oxygen atoms in total. The van der Waals surface area contributed by atoms with E-state index in [0.717, 1.165) is 49.0 Å². The van der Waals surface area contributed by atoms with Gasteiger partial charge in [0, 0.05) is 49.5 Å². The summed E-state index contributed by atoms with van der Waals surface area (Å²) in [7, 11) is 1.76. The molecule has 3 aromatic rings. The normalized spacial score (nSPS) is 16.4. The second-order valence-electron chi connectivity index (χ2n) is 7.13. The number of halogens is 1. The molecule has 0 saturated carbocycles. The van der Waals surface area contributed by atoms with Crippen LogP contribution >= 0.6 is 11.6 Å². The molecule has 158 valence electrons. The Labute approximate surface area is 179 Å². The minimum absolute atomic E-state index is 0.259. The number of nitrogens with zero attached hydrogens (tertiary/aromatic N) is 6. The lowest BCUT2D eigenvalue weighted by Crippen LogP contribution is -2.47. The van der Waals surface area contributed by atoms with Crippen molar-refractivity contribution in [1.82, 2.24) is 35.5 Å². The first-order chi connectivity index (χ1) is 14.6. The predicted molar refractivity (Wildman–Crippen MR) is 114 cm³/mol. The van der Waals surface area contributed by atoms with Crippen molar-refractivity contribution in [3.63, 3.8) is 0 Å². The minimum Gasteiger partial charge on any atom is -0.356 e. The quantitative estimate of drug-likeness (QED) is 0.458. The molecule has 0 aliphatic carbocycles. The van der Waals surface area contributed by atoms with E-state index in [1.54, 1.807) is 19.2 Å². The van der Waals surface area contributed by atoms with Gasteiger partial charge in [0.2, 0.25) is 11.7 Å². The van der Waals surface area contributed by atoms with E-state index in [4.69, 9.17) is 16.1 Å². The van der Waals surface area contributed by atoms with Crippen LogP contribution in [0.15, 0.2) is 33.8 Å². The number of hydrogen-bond acceptors (Lipinski definition) is 6. The van der Waals surface area contributed by atoms with E-state index < -0.39 is 0 Å². The Morgan fingerprint density at radius 2 is 2.13 bits per heavy atom. The first-order valence-corrected chi connectivity index (χ1v) is 10.5. The van der Waals surface area contributed by atoms with Crippen LogP contribution in [0.25, 0.3) is 11.4 Å². The van der Waals surface area contributed by atoms with Gasteiger partial charge in [-0.2, -0.15) is 10.1 Å². The smallest absolute Gasteiger partial charge is 0.228 e. The molecule has 0 radical (unpaired) electrons. The Morgan fingerprint density at radius 1 is 1.30 bits per heavy atom. The molecule has 3 heterocycles. The topological polar surface area (TPSA) is 106 Å². The number of nitrogens with one attached hydrogen (secondary N) is 2. The number of aromatic nitrogens is 5. The third-order valence-corrected chi connectivity index (χ3v) is 5.24. The van der Waals surface area contributed by atoms with E-state index >= 15 is 0 Å². The number of benzene rings is 1. The zero-order chi connectivity index (χ0) is 20.9. The van der Waals surface area contributed by atoms with E-state index in [0.29, 0.717) is 29.7 Å². The SMILES string of the molecule is CCc1nc2n(n1)CC(NC(=NC)NCCc1nc(-c3ccc(Cl)cc3)no1)CC2. The first kappa shape index (κ1) is 20.3. The van der Waals surface area contributed by atoms with Crippen LogP contribution in [0, 0.1) is 0 Å². The summed E-state index contributed by atoms with van der Waals surface area (Å²) < 4.78 is 7.36. The van der Waals surface area contributed by atoms with Crippen molar-refractivity contribution in [2.45, 2.75) is 45.2 Å². The third-order valence-electron chi connectivity index (χ3n) is 4.98. The molecule has 4 rings (SSSR count). The molecule has 2 aromatic heterocycles. The predicted octanol–water partition coefficient (Wildman–Crippen LogP) is 2.27. The summed E-state index contributed by atoms with van der Waals surface area (Å²) >= 11 is 5.92. The molecule has 0 amide bonds. The van der Waals surface area contributed by atoms with Crippen LogP contribution in [0.5, 0.6) is 0 Å². The molecule has 0 saturated heterocycles. The summed E-state index contributed by atoms with van der Waals surface area (Å²) in [5.41, 5.74) is 0.871. The van der Waals surface area contributed by atoms with Gasteiger partial charge in [-0.25, -0.2) is 9.67 Å². The van der Waals surface area contributed by atoms with Gasteiger partial charge in [0.15, 0.2) is 11.8 Å². The average Bonchev–Trinajstić information content (AvgIpc) is 3.40. The second kappa shape index (κ2) is 9.25. The van der Waals surface area contributed by atoms with Gasteiger partial charge in [0.05, 0.1) is 6.54 Å². The fourth-order valence-electron chi connectivity index (χ4n) is 3.38. The summed E-state index contributed by atoms with van der Waals surface area (Å²) in [4.78, 5) is 13.3. The zero-order valence-corrected chi connectivity index (χ0v) is 17.9. The van der Waals surface area contributed by atoms with Gasteiger partial charge >= 0.3 is 0 Å². The Balaban J connectivity index is 1.27. The van der Waals surface area contributed by atoms with Crippen molar-refractivity contribution in [3.05, 3.63) is 46.8 Å². The Hall–Kier alpha value is -2.94. The molecule has 1 aliphatic rings. The standard InChI is InChI=1S/C20H25ClN8O/c1-3-16-25-17-9-8-15(12-29(17)27-16)24-20(22-2)23-11-10-18-26-19(28-30-18)13-4-6-14(21)7-5-13/h4-7,15H,3,8-12H2,1-2H3,(H2,22,23,24). The van der Waals surface area contributed by atoms with Gasteiger partial charge < -0.3 is 15.2 Å². The molecular formula is C20H25ClN8O. The highest BCUT2D eigenvalue weighted by molar-refractivity contribution is 6.30. The van der Waals surface area contributed by atoms with E-state index in [-0.39, 0.29) is 6.04 Å². The van der Waals surface area contributed by atoms with Crippen molar-refractivity contribution in [3.8, 4) is 11.4 Å². The fourth-order valence-corrected chi connectivity index (χ4v) is 3.50. The van der Waals surface area contributed by atoms with Crippen molar-refractivity contribution in [2.75, 3.05) is 13.6 Å². The number of fused-ring (bicyclic) bond motifs is 1. The molecule has 1 unspecified atom stereocenters. The number of rotatable bonds is 6. The summed E-state index contributed by atoms with van der Waals surface area (Å²) in [6.45, 7) is 3.49. The van der Waals surface area contributed by atoms with Crippen LogP contribution in [0.3, 0.4) is 0 Å². The van der Waals surface area contributed by atoms with Crippen LogP contribution in [0.2, 0.25) is 5.02 Å². The summed E-state index contributed by atoms with van der Waals surface area (Å²) in [5, 5.41) is 16.0. The van der Waals surface area contributed by atoms with E-state index in [9.17, 15) is 0 Å². The van der Waals surface area contributed by atoms with Gasteiger partial charge in [-0.15, -0.1) is 0 Å². The first-order valence-electron chi connectivity index (χ1n) is 10.1. The minimum atomic E-state index is 0.259. The van der Waals surface area contributed by atoms with Crippen molar-refractivity contribution >= 4 is 17.6 Å². The molecule has 30 heavy (non-hydrogen) atoms. The van der Waals surface area contributed by atoms with Crippen molar-refractivity contribution in [2.24, 2.45) is 4.99 Å². The van der Waals surface area contributed by atoms with Crippen LogP contribution in [-0.2, 0) is 25.8 Å². The monoisotopic (exact) mass is 428 g/mol. The van der Waals surface area contributed by atoms with Gasteiger partial charge in [0.25, 0.3) is 0 Å². The van der Waals surface area contributed by atoms with E-state index in [1.807, 2.05) is 16.8 Å². The van der Waals surface area contributed by atoms with Crippen LogP contribution in [0.4, 0.5) is 0 Å².